The molecule has 0 amide bonds. The molecule has 0 aromatic carbocycles. The van der Waals surface area contributed by atoms with Crippen molar-refractivity contribution in [3.8, 4) is 0 Å². The summed E-state index contributed by atoms with van der Waals surface area (Å²) in [6.07, 6.45) is 5.29. The van der Waals surface area contributed by atoms with E-state index in [2.05, 4.69) is 10.3 Å². The van der Waals surface area contributed by atoms with E-state index in [1.807, 2.05) is 26.1 Å². The van der Waals surface area contributed by atoms with Crippen LogP contribution >= 0.6 is 0 Å². The first kappa shape index (κ1) is 11.2. The van der Waals surface area contributed by atoms with Gasteiger partial charge in [0.2, 0.25) is 0 Å². The van der Waals surface area contributed by atoms with E-state index >= 15 is 0 Å². The molecule has 0 saturated carbocycles. The number of anilines is 1. The molecule has 0 spiro atoms. The SMILES string of the molecule is Cc1cnccc1NC(C)CS(C)=O. The lowest BCUT2D eigenvalue weighted by atomic mass is 10.2. The highest BCUT2D eigenvalue weighted by molar-refractivity contribution is 7.84. The maximum Gasteiger partial charge on any atom is 0.0431 e. The molecule has 3 nitrogen and oxygen atoms in total. The van der Waals surface area contributed by atoms with E-state index in [0.29, 0.717) is 5.75 Å². The summed E-state index contributed by atoms with van der Waals surface area (Å²) >= 11 is 0. The van der Waals surface area contributed by atoms with Gasteiger partial charge in [0.05, 0.1) is 0 Å². The quantitative estimate of drug-likeness (QED) is 0.823. The predicted molar refractivity (Wildman–Crippen MR) is 61.0 cm³/mol. The van der Waals surface area contributed by atoms with Gasteiger partial charge in [-0.15, -0.1) is 0 Å². The third-order valence-electron chi connectivity index (χ3n) is 1.91. The van der Waals surface area contributed by atoms with Crippen molar-refractivity contribution in [3.05, 3.63) is 24.0 Å². The van der Waals surface area contributed by atoms with Crippen LogP contribution in [0.15, 0.2) is 18.5 Å². The molecule has 2 unspecified atom stereocenters. The Kier molecular flexibility index (Phi) is 4.07. The Labute approximate surface area is 87.4 Å². The highest BCUT2D eigenvalue weighted by Crippen LogP contribution is 2.12. The predicted octanol–water partition coefficient (Wildman–Crippen LogP) is 1.57. The van der Waals surface area contributed by atoms with Crippen LogP contribution in [-0.2, 0) is 10.8 Å². The molecule has 78 valence electrons. The van der Waals surface area contributed by atoms with Gasteiger partial charge in [-0.2, -0.15) is 0 Å². The fourth-order valence-corrected chi connectivity index (χ4v) is 2.08. The van der Waals surface area contributed by atoms with Gasteiger partial charge in [-0.1, -0.05) is 0 Å². The summed E-state index contributed by atoms with van der Waals surface area (Å²) in [5.74, 6) is 0.668. The first-order valence-electron chi connectivity index (χ1n) is 4.56. The van der Waals surface area contributed by atoms with Crippen LogP contribution in [0.1, 0.15) is 12.5 Å². The van der Waals surface area contributed by atoms with Crippen molar-refractivity contribution in [2.24, 2.45) is 0 Å². The van der Waals surface area contributed by atoms with Crippen LogP contribution < -0.4 is 5.32 Å². The molecule has 0 radical (unpaired) electrons. The summed E-state index contributed by atoms with van der Waals surface area (Å²) in [7, 11) is -0.754. The van der Waals surface area contributed by atoms with Crippen molar-refractivity contribution in [3.63, 3.8) is 0 Å². The van der Waals surface area contributed by atoms with E-state index in [0.717, 1.165) is 11.3 Å². The second-order valence-corrected chi connectivity index (χ2v) is 4.96. The third-order valence-corrected chi connectivity index (χ3v) is 2.88. The Hall–Kier alpha value is -0.900. The van der Waals surface area contributed by atoms with Crippen molar-refractivity contribution in [1.82, 2.24) is 4.98 Å². The van der Waals surface area contributed by atoms with Crippen molar-refractivity contribution in [2.75, 3.05) is 17.3 Å². The summed E-state index contributed by atoms with van der Waals surface area (Å²) in [6.45, 7) is 4.03. The van der Waals surface area contributed by atoms with E-state index in [1.54, 1.807) is 12.5 Å². The second-order valence-electron chi connectivity index (χ2n) is 3.48. The molecule has 14 heavy (non-hydrogen) atoms. The summed E-state index contributed by atoms with van der Waals surface area (Å²) in [5, 5.41) is 3.31. The molecular formula is C10H16N2OS. The molecule has 0 saturated heterocycles. The Bertz CT molecular complexity index is 328. The second kappa shape index (κ2) is 5.10. The Balaban J connectivity index is 2.60. The van der Waals surface area contributed by atoms with Gasteiger partial charge < -0.3 is 5.32 Å². The largest absolute Gasteiger partial charge is 0.381 e. The number of rotatable bonds is 4. The monoisotopic (exact) mass is 212 g/mol. The minimum absolute atomic E-state index is 0.224. The van der Waals surface area contributed by atoms with E-state index < -0.39 is 10.8 Å². The van der Waals surface area contributed by atoms with Gasteiger partial charge in [0.25, 0.3) is 0 Å². The van der Waals surface area contributed by atoms with Crippen LogP contribution in [0.5, 0.6) is 0 Å². The number of hydrogen-bond acceptors (Lipinski definition) is 3. The first-order chi connectivity index (χ1) is 6.59. The molecule has 1 N–H and O–H groups in total. The molecule has 2 atom stereocenters. The molecule has 1 aromatic rings. The van der Waals surface area contributed by atoms with Gasteiger partial charge >= 0.3 is 0 Å². The lowest BCUT2D eigenvalue weighted by Gasteiger charge is -2.15. The molecule has 1 rings (SSSR count). The fraction of sp³-hybridized carbons (Fsp3) is 0.500. The van der Waals surface area contributed by atoms with E-state index in [1.165, 1.54) is 0 Å². The number of aryl methyl sites for hydroxylation is 1. The Morgan fingerprint density at radius 1 is 1.64 bits per heavy atom. The Morgan fingerprint density at radius 2 is 2.36 bits per heavy atom. The lowest BCUT2D eigenvalue weighted by molar-refractivity contribution is 0.683. The highest BCUT2D eigenvalue weighted by Gasteiger charge is 2.05. The maximum atomic E-state index is 11.0. The molecule has 0 bridgehead atoms. The zero-order valence-electron chi connectivity index (χ0n) is 8.78. The third kappa shape index (κ3) is 3.46. The molecule has 1 heterocycles. The topological polar surface area (TPSA) is 42.0 Å². The number of hydrogen-bond donors (Lipinski definition) is 1. The van der Waals surface area contributed by atoms with E-state index in [4.69, 9.17) is 0 Å². The van der Waals surface area contributed by atoms with Gasteiger partial charge in [-0.3, -0.25) is 9.19 Å². The molecule has 0 fully saturated rings. The molecule has 1 aromatic heterocycles. The van der Waals surface area contributed by atoms with Crippen LogP contribution in [-0.4, -0.2) is 27.2 Å². The van der Waals surface area contributed by atoms with Crippen LogP contribution in [0.4, 0.5) is 5.69 Å². The summed E-state index contributed by atoms with van der Waals surface area (Å²) in [5.41, 5.74) is 2.18. The van der Waals surface area contributed by atoms with E-state index in [-0.39, 0.29) is 6.04 Å². The average molecular weight is 212 g/mol. The lowest BCUT2D eigenvalue weighted by Crippen LogP contribution is -2.22. The van der Waals surface area contributed by atoms with Gasteiger partial charge in [0.15, 0.2) is 0 Å². The number of nitrogens with zero attached hydrogens (tertiary/aromatic N) is 1. The number of nitrogens with one attached hydrogen (secondary N) is 1. The number of pyridine rings is 1. The molecule has 0 aliphatic heterocycles. The smallest absolute Gasteiger partial charge is 0.0431 e. The van der Waals surface area contributed by atoms with Gasteiger partial charge in [0, 0.05) is 46.9 Å². The molecule has 4 heteroatoms. The number of aromatic nitrogens is 1. The zero-order chi connectivity index (χ0) is 10.6. The summed E-state index contributed by atoms with van der Waals surface area (Å²) in [4.78, 5) is 4.01. The standard InChI is InChI=1S/C10H16N2OS/c1-8-6-11-5-4-10(8)12-9(2)7-14(3)13/h4-6,9H,7H2,1-3H3,(H,11,12). The molecule has 0 aliphatic carbocycles. The van der Waals surface area contributed by atoms with Gasteiger partial charge in [-0.05, 0) is 25.5 Å². The zero-order valence-corrected chi connectivity index (χ0v) is 9.60. The highest BCUT2D eigenvalue weighted by atomic mass is 32.2. The van der Waals surface area contributed by atoms with Crippen LogP contribution in [0.25, 0.3) is 0 Å². The Morgan fingerprint density at radius 3 is 2.93 bits per heavy atom. The van der Waals surface area contributed by atoms with Crippen LogP contribution in [0, 0.1) is 6.92 Å². The van der Waals surface area contributed by atoms with Crippen LogP contribution in [0.3, 0.4) is 0 Å². The van der Waals surface area contributed by atoms with E-state index in [9.17, 15) is 4.21 Å². The van der Waals surface area contributed by atoms with Crippen molar-refractivity contribution in [2.45, 2.75) is 19.9 Å². The molecule has 0 aliphatic rings. The minimum atomic E-state index is -0.754. The average Bonchev–Trinajstić information content (AvgIpc) is 2.07. The first-order valence-corrected chi connectivity index (χ1v) is 6.29. The van der Waals surface area contributed by atoms with Crippen LogP contribution in [0.2, 0.25) is 0 Å². The summed E-state index contributed by atoms with van der Waals surface area (Å²) < 4.78 is 11.0. The van der Waals surface area contributed by atoms with Crippen molar-refractivity contribution in [1.29, 1.82) is 0 Å². The van der Waals surface area contributed by atoms with Crippen molar-refractivity contribution >= 4 is 16.5 Å². The van der Waals surface area contributed by atoms with Gasteiger partial charge in [-0.25, -0.2) is 0 Å². The normalized spacial score (nSPS) is 14.8. The maximum absolute atomic E-state index is 11.0. The minimum Gasteiger partial charge on any atom is -0.381 e. The summed E-state index contributed by atoms with van der Waals surface area (Å²) in [6, 6.07) is 2.16. The van der Waals surface area contributed by atoms with Crippen molar-refractivity contribution < 1.29 is 4.21 Å². The fourth-order valence-electron chi connectivity index (χ4n) is 1.29. The van der Waals surface area contributed by atoms with Gasteiger partial charge in [0.1, 0.15) is 0 Å². The molecular weight excluding hydrogens is 196 g/mol.